The minimum Gasteiger partial charge on any atom is -0.496 e. The summed E-state index contributed by atoms with van der Waals surface area (Å²) in [5.74, 6) is 0.540. The number of aryl methyl sites for hydroxylation is 1. The van der Waals surface area contributed by atoms with Gasteiger partial charge in [0.1, 0.15) is 11.6 Å². The van der Waals surface area contributed by atoms with Crippen LogP contribution in [0.4, 0.5) is 4.39 Å². The van der Waals surface area contributed by atoms with Gasteiger partial charge in [-0.15, -0.1) is 0 Å². The van der Waals surface area contributed by atoms with Crippen molar-refractivity contribution in [3.8, 4) is 5.75 Å². The molecule has 2 aromatic rings. The molecule has 2 rings (SSSR count). The highest BCUT2D eigenvalue weighted by Gasteiger charge is 2.12. The van der Waals surface area contributed by atoms with Crippen LogP contribution < -0.4 is 10.5 Å². The van der Waals surface area contributed by atoms with Crippen molar-refractivity contribution in [2.75, 3.05) is 7.11 Å². The van der Waals surface area contributed by atoms with E-state index in [4.69, 9.17) is 10.5 Å². The lowest BCUT2D eigenvalue weighted by atomic mass is 9.98. The normalized spacial score (nSPS) is 12.3. The molecule has 0 aliphatic rings. The third kappa shape index (κ3) is 2.96. The second-order valence-corrected chi connectivity index (χ2v) is 5.23. The van der Waals surface area contributed by atoms with Crippen molar-refractivity contribution in [1.29, 1.82) is 0 Å². The predicted molar refractivity (Wildman–Crippen MR) is 77.9 cm³/mol. The molecule has 0 heterocycles. The molecule has 0 unspecified atom stereocenters. The molecule has 0 aliphatic heterocycles. The number of nitrogens with two attached hydrogens (primary N) is 1. The van der Waals surface area contributed by atoms with Crippen LogP contribution in [0.15, 0.2) is 40.9 Å². The average Bonchev–Trinajstić information content (AvgIpc) is 2.41. The molecule has 2 N–H and O–H groups in total. The van der Waals surface area contributed by atoms with Crippen molar-refractivity contribution in [3.05, 3.63) is 63.4 Å². The first-order chi connectivity index (χ1) is 9.02. The van der Waals surface area contributed by atoms with Gasteiger partial charge >= 0.3 is 0 Å². The summed E-state index contributed by atoms with van der Waals surface area (Å²) in [5.41, 5.74) is 9.06. The Kier molecular flexibility index (Phi) is 4.22. The quantitative estimate of drug-likeness (QED) is 0.928. The summed E-state index contributed by atoms with van der Waals surface area (Å²) in [6.07, 6.45) is 0. The molecule has 0 saturated carbocycles. The second kappa shape index (κ2) is 5.72. The molecule has 0 amide bonds. The standard InChI is InChI=1S/C15H15BrFNO/c1-9-7-10(4-6-14(9)19-2)15(18)11-3-5-13(17)12(16)8-11/h3-8,15H,18H2,1-2H3/t15-/m0/s1. The van der Waals surface area contributed by atoms with E-state index in [-0.39, 0.29) is 11.9 Å². The van der Waals surface area contributed by atoms with E-state index < -0.39 is 0 Å². The molecule has 0 bridgehead atoms. The van der Waals surface area contributed by atoms with E-state index in [0.29, 0.717) is 4.47 Å². The molecule has 100 valence electrons. The van der Waals surface area contributed by atoms with E-state index >= 15 is 0 Å². The zero-order chi connectivity index (χ0) is 14.0. The summed E-state index contributed by atoms with van der Waals surface area (Å²) in [6, 6.07) is 10.3. The van der Waals surface area contributed by atoms with Crippen LogP contribution in [0.5, 0.6) is 5.75 Å². The topological polar surface area (TPSA) is 35.2 Å². The van der Waals surface area contributed by atoms with Gasteiger partial charge in [0.2, 0.25) is 0 Å². The zero-order valence-electron chi connectivity index (χ0n) is 10.8. The van der Waals surface area contributed by atoms with E-state index in [1.807, 2.05) is 25.1 Å². The zero-order valence-corrected chi connectivity index (χ0v) is 12.4. The summed E-state index contributed by atoms with van der Waals surface area (Å²) in [6.45, 7) is 1.97. The summed E-state index contributed by atoms with van der Waals surface area (Å²) in [7, 11) is 1.64. The summed E-state index contributed by atoms with van der Waals surface area (Å²) >= 11 is 3.17. The van der Waals surface area contributed by atoms with Gasteiger partial charge in [0.25, 0.3) is 0 Å². The Hall–Kier alpha value is -1.39. The molecule has 0 fully saturated rings. The van der Waals surface area contributed by atoms with Crippen molar-refractivity contribution in [2.24, 2.45) is 5.73 Å². The van der Waals surface area contributed by atoms with E-state index in [2.05, 4.69) is 15.9 Å². The van der Waals surface area contributed by atoms with Crippen LogP contribution in [0.1, 0.15) is 22.7 Å². The third-order valence-electron chi connectivity index (χ3n) is 3.08. The van der Waals surface area contributed by atoms with Gasteiger partial charge in [0.15, 0.2) is 0 Å². The maximum atomic E-state index is 13.2. The number of halogens is 2. The summed E-state index contributed by atoms with van der Waals surface area (Å²) in [4.78, 5) is 0. The van der Waals surface area contributed by atoms with Crippen LogP contribution in [0.3, 0.4) is 0 Å². The van der Waals surface area contributed by atoms with Gasteiger partial charge in [-0.1, -0.05) is 18.2 Å². The Morgan fingerprint density at radius 2 is 1.79 bits per heavy atom. The van der Waals surface area contributed by atoms with Gasteiger partial charge in [-0.05, 0) is 57.7 Å². The fourth-order valence-electron chi connectivity index (χ4n) is 1.99. The molecule has 4 heteroatoms. The monoisotopic (exact) mass is 323 g/mol. The molecule has 2 nitrogen and oxygen atoms in total. The van der Waals surface area contributed by atoms with Crippen LogP contribution in [-0.4, -0.2) is 7.11 Å². The maximum Gasteiger partial charge on any atom is 0.137 e. The molecular formula is C15H15BrFNO. The number of hydrogen-bond acceptors (Lipinski definition) is 2. The van der Waals surface area contributed by atoms with E-state index in [1.165, 1.54) is 6.07 Å². The molecule has 19 heavy (non-hydrogen) atoms. The first kappa shape index (κ1) is 14.0. The van der Waals surface area contributed by atoms with E-state index in [1.54, 1.807) is 19.2 Å². The Bertz CT molecular complexity index is 601. The highest BCUT2D eigenvalue weighted by molar-refractivity contribution is 9.10. The Balaban J connectivity index is 2.35. The molecule has 0 radical (unpaired) electrons. The second-order valence-electron chi connectivity index (χ2n) is 4.38. The Morgan fingerprint density at radius 1 is 1.16 bits per heavy atom. The van der Waals surface area contributed by atoms with Crippen molar-refractivity contribution >= 4 is 15.9 Å². The fourth-order valence-corrected chi connectivity index (χ4v) is 2.39. The molecule has 2 aromatic carbocycles. The van der Waals surface area contributed by atoms with Crippen LogP contribution in [0.2, 0.25) is 0 Å². The highest BCUT2D eigenvalue weighted by atomic mass is 79.9. The Labute approximate surface area is 120 Å². The fraction of sp³-hybridized carbons (Fsp3) is 0.200. The van der Waals surface area contributed by atoms with Crippen molar-refractivity contribution in [1.82, 2.24) is 0 Å². The third-order valence-corrected chi connectivity index (χ3v) is 3.69. The minimum absolute atomic E-state index is 0.290. The molecular weight excluding hydrogens is 309 g/mol. The molecule has 1 atom stereocenters. The van der Waals surface area contributed by atoms with E-state index in [9.17, 15) is 4.39 Å². The van der Waals surface area contributed by atoms with Crippen molar-refractivity contribution < 1.29 is 9.13 Å². The van der Waals surface area contributed by atoms with Crippen LogP contribution in [0.25, 0.3) is 0 Å². The van der Waals surface area contributed by atoms with Crippen molar-refractivity contribution in [2.45, 2.75) is 13.0 Å². The lowest BCUT2D eigenvalue weighted by molar-refractivity contribution is 0.411. The summed E-state index contributed by atoms with van der Waals surface area (Å²) < 4.78 is 18.9. The first-order valence-corrected chi connectivity index (χ1v) is 6.67. The largest absolute Gasteiger partial charge is 0.496 e. The van der Waals surface area contributed by atoms with Gasteiger partial charge in [-0.2, -0.15) is 0 Å². The average molecular weight is 324 g/mol. The number of benzene rings is 2. The van der Waals surface area contributed by atoms with E-state index in [0.717, 1.165) is 22.4 Å². The number of rotatable bonds is 3. The molecule has 0 aromatic heterocycles. The molecule has 0 saturated heterocycles. The molecule has 0 aliphatic carbocycles. The minimum atomic E-state index is -0.290. The van der Waals surface area contributed by atoms with Gasteiger partial charge in [0, 0.05) is 0 Å². The number of ether oxygens (including phenoxy) is 1. The van der Waals surface area contributed by atoms with Gasteiger partial charge in [-0.3, -0.25) is 0 Å². The predicted octanol–water partition coefficient (Wildman–Crippen LogP) is 3.95. The maximum absolute atomic E-state index is 13.2. The van der Waals surface area contributed by atoms with Gasteiger partial charge < -0.3 is 10.5 Å². The Morgan fingerprint density at radius 3 is 2.37 bits per heavy atom. The first-order valence-electron chi connectivity index (χ1n) is 5.88. The van der Waals surface area contributed by atoms with Crippen LogP contribution >= 0.6 is 15.9 Å². The lowest BCUT2D eigenvalue weighted by Crippen LogP contribution is -2.12. The van der Waals surface area contributed by atoms with Crippen LogP contribution in [-0.2, 0) is 0 Å². The van der Waals surface area contributed by atoms with Gasteiger partial charge in [-0.25, -0.2) is 4.39 Å². The smallest absolute Gasteiger partial charge is 0.137 e. The molecule has 0 spiro atoms. The lowest BCUT2D eigenvalue weighted by Gasteiger charge is -2.15. The number of methoxy groups -OCH3 is 1. The van der Waals surface area contributed by atoms with Crippen molar-refractivity contribution in [3.63, 3.8) is 0 Å². The van der Waals surface area contributed by atoms with Crippen LogP contribution in [0, 0.1) is 12.7 Å². The number of hydrogen-bond donors (Lipinski definition) is 1. The van der Waals surface area contributed by atoms with Gasteiger partial charge in [0.05, 0.1) is 17.6 Å². The highest BCUT2D eigenvalue weighted by Crippen LogP contribution is 2.27. The SMILES string of the molecule is COc1ccc([C@H](N)c2ccc(F)c(Br)c2)cc1C. The summed E-state index contributed by atoms with van der Waals surface area (Å²) in [5, 5.41) is 0.